The van der Waals surface area contributed by atoms with Crippen LogP contribution < -0.4 is 31.9 Å². The number of hydrogen-bond acceptors (Lipinski definition) is 14. The van der Waals surface area contributed by atoms with Crippen LogP contribution in [0.15, 0.2) is 65.0 Å². The lowest BCUT2D eigenvalue weighted by molar-refractivity contribution is -0.145. The molecule has 0 unspecified atom stereocenters. The van der Waals surface area contributed by atoms with Crippen LogP contribution in [-0.2, 0) is 38.3 Å². The number of nitrogens with zero attached hydrogens (tertiary/aromatic N) is 5. The zero-order valence-corrected chi connectivity index (χ0v) is 44.9. The van der Waals surface area contributed by atoms with Gasteiger partial charge in [0.15, 0.2) is 5.82 Å². The van der Waals surface area contributed by atoms with Crippen molar-refractivity contribution in [3.63, 3.8) is 0 Å². The first-order valence-electron chi connectivity index (χ1n) is 24.5. The predicted octanol–water partition coefficient (Wildman–Crippen LogP) is 3.44. The van der Waals surface area contributed by atoms with Crippen molar-refractivity contribution in [2.75, 3.05) is 39.4 Å². The largest absolute Gasteiger partial charge is 0.391 e. The number of aliphatic hydroxyl groups is 1. The summed E-state index contributed by atoms with van der Waals surface area (Å²) in [4.78, 5) is 106. The van der Waals surface area contributed by atoms with Crippen molar-refractivity contribution in [1.82, 2.24) is 51.6 Å². The number of aliphatic imine (C=N–C) groups is 1. The quantitative estimate of drug-likeness (QED) is 0.124. The number of aryl methyl sites for hydroxylation is 3. The average Bonchev–Trinajstić information content (AvgIpc) is 4.14. The van der Waals surface area contributed by atoms with E-state index in [-0.39, 0.29) is 32.5 Å². The van der Waals surface area contributed by atoms with Crippen LogP contribution >= 0.6 is 34.3 Å². The van der Waals surface area contributed by atoms with Gasteiger partial charge in [0.05, 0.1) is 31.4 Å². The summed E-state index contributed by atoms with van der Waals surface area (Å²) >= 11 is 9.39. The standard InChI is InChI=1S/C52H60ClN11O9S2/c1-26-16-19-74-44(26)32-10-8-31(9-11-32)43-49(71)56-23-39(67)57-36(47(69)54-17-18-73-25-40(68)59-45(52(5,6)7)50(72)63-24-34(65)20-37(63)48(70)60-43)22-55-38(66)21-35-46-62-61-29(4)64(46)51-41(27(2)28(3)75-51)42(58-35)30-12-14-33(53)15-13-30/h8-16,19,34-37,43,45,65H,17-18,20-25H2,1-7H3,(H,54,69)(H,55,66)(H,56,71)(H,57,67)(H,59,68)(H,60,70)/t34-,35+,36-,37+,43-,45-/m1/s1. The summed E-state index contributed by atoms with van der Waals surface area (Å²) in [7, 11) is 0. The Bertz CT molecular complexity index is 3040. The fourth-order valence-electron chi connectivity index (χ4n) is 9.21. The van der Waals surface area contributed by atoms with E-state index in [9.17, 15) is 38.7 Å². The highest BCUT2D eigenvalue weighted by Crippen LogP contribution is 2.40. The maximum absolute atomic E-state index is 14.3. The molecule has 20 nitrogen and oxygen atoms in total. The van der Waals surface area contributed by atoms with Crippen LogP contribution in [0.5, 0.6) is 0 Å². The number of benzene rings is 2. The number of ether oxygens (including phenoxy) is 1. The maximum Gasteiger partial charge on any atom is 0.247 e. The van der Waals surface area contributed by atoms with Crippen LogP contribution in [0.25, 0.3) is 15.4 Å². The molecule has 3 aromatic heterocycles. The topological polar surface area (TPSA) is 267 Å². The number of hydrogen-bond donors (Lipinski definition) is 7. The summed E-state index contributed by atoms with van der Waals surface area (Å²) in [5.41, 5.74) is 4.71. The molecule has 3 aliphatic heterocycles. The molecule has 2 fully saturated rings. The molecule has 5 aromatic rings. The zero-order valence-electron chi connectivity index (χ0n) is 42.5. The lowest BCUT2D eigenvalue weighted by Gasteiger charge is -2.35. The Labute approximate surface area is 446 Å². The van der Waals surface area contributed by atoms with Crippen molar-refractivity contribution >= 4 is 81.3 Å². The number of fused-ring (bicyclic) bond motifs is 4. The lowest BCUT2D eigenvalue weighted by Crippen LogP contribution is -2.58. The SMILES string of the molecule is Cc1ccsc1-c1ccc([C@H]2NC(=O)[C@@H]3C[C@@H](O)CN3C(=O)[C@H](C(C)(C)C)NC(=O)COCCNC(=O)[C@@H](CNC(=O)C[C@@H]3N=C(c4ccc(Cl)cc4)c4c(sc(C)c4C)-n4c(C)nnc43)NC(=O)CNC2=O)cc1. The number of amides is 7. The van der Waals surface area contributed by atoms with Gasteiger partial charge in [0.1, 0.15) is 47.6 Å². The third-order valence-electron chi connectivity index (χ3n) is 13.3. The van der Waals surface area contributed by atoms with Gasteiger partial charge in [-0.15, -0.1) is 32.9 Å². The summed E-state index contributed by atoms with van der Waals surface area (Å²) in [6.45, 7) is 11.0. The van der Waals surface area contributed by atoms with E-state index >= 15 is 0 Å². The van der Waals surface area contributed by atoms with Gasteiger partial charge < -0.3 is 46.6 Å². The second kappa shape index (κ2) is 23.0. The Kier molecular flexibility index (Phi) is 16.7. The second-order valence-electron chi connectivity index (χ2n) is 19.9. The molecule has 2 aromatic carbocycles. The highest BCUT2D eigenvalue weighted by molar-refractivity contribution is 7.15. The van der Waals surface area contributed by atoms with Crippen LogP contribution in [-0.4, -0.2) is 135 Å². The molecule has 0 saturated carbocycles. The molecule has 3 aliphatic rings. The third kappa shape index (κ3) is 12.3. The second-order valence-corrected chi connectivity index (χ2v) is 22.4. The van der Waals surface area contributed by atoms with Crippen LogP contribution in [0.1, 0.15) is 90.0 Å². The molecule has 0 radical (unpaired) electrons. The molecule has 6 atom stereocenters. The molecule has 7 N–H and O–H groups in total. The number of rotatable bonds is 7. The molecular weight excluding hydrogens is 1020 g/mol. The van der Waals surface area contributed by atoms with Crippen molar-refractivity contribution in [3.05, 3.63) is 109 Å². The van der Waals surface area contributed by atoms with Gasteiger partial charge >= 0.3 is 0 Å². The van der Waals surface area contributed by atoms with Crippen molar-refractivity contribution in [2.24, 2.45) is 10.4 Å². The van der Waals surface area contributed by atoms with Crippen molar-refractivity contribution in [2.45, 2.75) is 97.6 Å². The predicted molar refractivity (Wildman–Crippen MR) is 283 cm³/mol. The third-order valence-corrected chi connectivity index (χ3v) is 15.8. The van der Waals surface area contributed by atoms with Crippen LogP contribution in [0.2, 0.25) is 5.02 Å². The van der Waals surface area contributed by atoms with Crippen LogP contribution in [0.3, 0.4) is 0 Å². The molecule has 0 spiro atoms. The van der Waals surface area contributed by atoms with Gasteiger partial charge in [0.2, 0.25) is 41.4 Å². The maximum atomic E-state index is 14.3. The molecule has 6 heterocycles. The van der Waals surface area contributed by atoms with E-state index in [1.165, 1.54) is 4.90 Å². The number of carbonyl (C=O) groups is 7. The molecule has 8 rings (SSSR count). The first-order valence-corrected chi connectivity index (χ1v) is 26.5. The summed E-state index contributed by atoms with van der Waals surface area (Å²) in [5.74, 6) is -3.85. The number of thiophene rings is 2. The van der Waals surface area contributed by atoms with Gasteiger partial charge in [-0.3, -0.25) is 43.1 Å². The van der Waals surface area contributed by atoms with Gasteiger partial charge in [0, 0.05) is 52.0 Å². The fraction of sp³-hybridized carbons (Fsp3) is 0.423. The minimum atomic E-state index is -1.40. The molecule has 23 heteroatoms. The van der Waals surface area contributed by atoms with E-state index in [0.717, 1.165) is 42.6 Å². The van der Waals surface area contributed by atoms with E-state index in [2.05, 4.69) is 42.1 Å². The van der Waals surface area contributed by atoms with Gasteiger partial charge in [0.25, 0.3) is 0 Å². The van der Waals surface area contributed by atoms with E-state index in [4.69, 9.17) is 21.3 Å². The summed E-state index contributed by atoms with van der Waals surface area (Å²) in [6.07, 6.45) is -1.46. The zero-order chi connectivity index (χ0) is 53.9. The Morgan fingerprint density at radius 3 is 2.29 bits per heavy atom. The van der Waals surface area contributed by atoms with Crippen molar-refractivity contribution < 1.29 is 43.4 Å². The van der Waals surface area contributed by atoms with E-state index in [1.807, 2.05) is 55.8 Å². The summed E-state index contributed by atoms with van der Waals surface area (Å²) in [6, 6.07) is 10.2. The number of aromatic nitrogens is 3. The average molecular weight is 1080 g/mol. The van der Waals surface area contributed by atoms with E-state index in [0.29, 0.717) is 27.9 Å². The molecular formula is C52H60ClN11O9S2. The first kappa shape index (κ1) is 54.4. The number of nitrogens with one attached hydrogen (secondary N) is 6. The van der Waals surface area contributed by atoms with Crippen LogP contribution in [0, 0.1) is 33.1 Å². The van der Waals surface area contributed by atoms with E-state index in [1.54, 1.807) is 79.8 Å². The Hall–Kier alpha value is -6.85. The van der Waals surface area contributed by atoms with Crippen molar-refractivity contribution in [1.29, 1.82) is 0 Å². The number of aliphatic hydroxyl groups excluding tert-OH is 1. The van der Waals surface area contributed by atoms with Crippen molar-refractivity contribution in [3.8, 4) is 15.4 Å². The Morgan fingerprint density at radius 1 is 0.880 bits per heavy atom. The Morgan fingerprint density at radius 2 is 1.60 bits per heavy atom. The monoisotopic (exact) mass is 1080 g/mol. The smallest absolute Gasteiger partial charge is 0.247 e. The number of halogens is 1. The molecule has 2 saturated heterocycles. The van der Waals surface area contributed by atoms with Crippen LogP contribution in [0.4, 0.5) is 0 Å². The number of carbonyl (C=O) groups excluding carboxylic acids is 7. The highest BCUT2D eigenvalue weighted by Gasteiger charge is 2.45. The first-order chi connectivity index (χ1) is 35.7. The van der Waals surface area contributed by atoms with Gasteiger partial charge in [-0.1, -0.05) is 68.8 Å². The molecule has 75 heavy (non-hydrogen) atoms. The normalized spacial score (nSPS) is 22.5. The molecule has 0 bridgehead atoms. The molecule has 7 amide bonds. The minimum Gasteiger partial charge on any atom is -0.391 e. The minimum absolute atomic E-state index is 0.124. The van der Waals surface area contributed by atoms with Gasteiger partial charge in [-0.05, 0) is 78.9 Å². The molecule has 0 aliphatic carbocycles. The summed E-state index contributed by atoms with van der Waals surface area (Å²) in [5, 5.41) is 39.1. The summed E-state index contributed by atoms with van der Waals surface area (Å²) < 4.78 is 7.48. The van der Waals surface area contributed by atoms with E-state index < -0.39 is 103 Å². The van der Waals surface area contributed by atoms with Gasteiger partial charge in [-0.25, -0.2) is 0 Å². The van der Waals surface area contributed by atoms with Gasteiger partial charge in [-0.2, -0.15) is 0 Å². The Balaban J connectivity index is 1.04. The lowest BCUT2D eigenvalue weighted by atomic mass is 9.85. The fourth-order valence-corrected chi connectivity index (χ4v) is 11.5. The molecule has 396 valence electrons. The highest BCUT2D eigenvalue weighted by atomic mass is 35.5.